The fourth-order valence-corrected chi connectivity index (χ4v) is 3.21. The average Bonchev–Trinajstić information content (AvgIpc) is 2.55. The number of nitrogens with one attached hydrogen (secondary N) is 2. The molecule has 0 bridgehead atoms. The molecular formula is C18H21FN2O3S. The number of hydrogen-bond donors (Lipinski definition) is 2. The summed E-state index contributed by atoms with van der Waals surface area (Å²) in [5, 5.41) is 2.77. The molecule has 2 aromatic carbocycles. The van der Waals surface area contributed by atoms with Crippen molar-refractivity contribution in [2.45, 2.75) is 26.1 Å². The first kappa shape index (κ1) is 19.1. The van der Waals surface area contributed by atoms with E-state index in [1.807, 2.05) is 0 Å². The molecule has 2 N–H and O–H groups in total. The molecule has 0 heterocycles. The average molecular weight is 364 g/mol. The SMILES string of the molecule is CC(C)C(=O)Nc1cccc(CNS(=O)(=O)Cc2ccc(F)cc2)c1. The Balaban J connectivity index is 1.97. The Morgan fingerprint density at radius 3 is 2.40 bits per heavy atom. The van der Waals surface area contributed by atoms with E-state index in [-0.39, 0.29) is 24.1 Å². The molecule has 0 aliphatic rings. The van der Waals surface area contributed by atoms with Gasteiger partial charge in [-0.25, -0.2) is 17.5 Å². The van der Waals surface area contributed by atoms with Crippen LogP contribution in [0.4, 0.5) is 10.1 Å². The van der Waals surface area contributed by atoms with E-state index in [1.165, 1.54) is 24.3 Å². The highest BCUT2D eigenvalue weighted by atomic mass is 32.2. The first-order valence-corrected chi connectivity index (χ1v) is 9.52. The van der Waals surface area contributed by atoms with Gasteiger partial charge in [0.05, 0.1) is 5.75 Å². The summed E-state index contributed by atoms with van der Waals surface area (Å²) in [6.07, 6.45) is 0. The maximum atomic E-state index is 12.9. The van der Waals surface area contributed by atoms with E-state index >= 15 is 0 Å². The Morgan fingerprint density at radius 2 is 1.76 bits per heavy atom. The van der Waals surface area contributed by atoms with E-state index in [2.05, 4.69) is 10.0 Å². The minimum Gasteiger partial charge on any atom is -0.326 e. The number of amides is 1. The summed E-state index contributed by atoms with van der Waals surface area (Å²) in [6, 6.07) is 12.3. The Morgan fingerprint density at radius 1 is 1.08 bits per heavy atom. The summed E-state index contributed by atoms with van der Waals surface area (Å²) < 4.78 is 39.7. The third-order valence-corrected chi connectivity index (χ3v) is 4.78. The molecule has 0 aliphatic heterocycles. The number of carbonyl (C=O) groups excluding carboxylic acids is 1. The lowest BCUT2D eigenvalue weighted by Gasteiger charge is -2.10. The van der Waals surface area contributed by atoms with E-state index in [4.69, 9.17) is 0 Å². The minimum atomic E-state index is -3.55. The fraction of sp³-hybridized carbons (Fsp3) is 0.278. The monoisotopic (exact) mass is 364 g/mol. The molecule has 0 radical (unpaired) electrons. The molecular weight excluding hydrogens is 343 g/mol. The lowest BCUT2D eigenvalue weighted by Crippen LogP contribution is -2.25. The molecule has 25 heavy (non-hydrogen) atoms. The van der Waals surface area contributed by atoms with Gasteiger partial charge in [-0.05, 0) is 35.4 Å². The van der Waals surface area contributed by atoms with E-state index in [0.29, 0.717) is 11.3 Å². The van der Waals surface area contributed by atoms with Crippen LogP contribution in [0.5, 0.6) is 0 Å². The second-order valence-electron chi connectivity index (χ2n) is 6.05. The van der Waals surface area contributed by atoms with Crippen LogP contribution in [0.1, 0.15) is 25.0 Å². The van der Waals surface area contributed by atoms with Gasteiger partial charge in [0.1, 0.15) is 5.82 Å². The molecule has 0 fully saturated rings. The highest BCUT2D eigenvalue weighted by Crippen LogP contribution is 2.13. The van der Waals surface area contributed by atoms with Gasteiger partial charge in [-0.3, -0.25) is 4.79 Å². The largest absolute Gasteiger partial charge is 0.326 e. The zero-order valence-corrected chi connectivity index (χ0v) is 14.9. The summed E-state index contributed by atoms with van der Waals surface area (Å²) in [7, 11) is -3.55. The highest BCUT2D eigenvalue weighted by molar-refractivity contribution is 7.88. The van der Waals surface area contributed by atoms with Crippen molar-refractivity contribution < 1.29 is 17.6 Å². The smallest absolute Gasteiger partial charge is 0.226 e. The Bertz CT molecular complexity index is 834. The molecule has 0 spiro atoms. The van der Waals surface area contributed by atoms with Crippen LogP contribution in [0.25, 0.3) is 0 Å². The second-order valence-corrected chi connectivity index (χ2v) is 7.86. The standard InChI is InChI=1S/C18H21FN2O3S/c1-13(2)18(22)21-17-5-3-4-15(10-17)11-20-25(23,24)12-14-6-8-16(19)9-7-14/h3-10,13,20H,11-12H2,1-2H3,(H,21,22). The van der Waals surface area contributed by atoms with Crippen LogP contribution in [0.15, 0.2) is 48.5 Å². The number of rotatable bonds is 7. The van der Waals surface area contributed by atoms with Gasteiger partial charge >= 0.3 is 0 Å². The molecule has 0 saturated heterocycles. The van der Waals surface area contributed by atoms with Crippen LogP contribution in [-0.4, -0.2) is 14.3 Å². The number of carbonyl (C=O) groups is 1. The second kappa shape index (κ2) is 8.22. The van der Waals surface area contributed by atoms with Crippen molar-refractivity contribution in [2.24, 2.45) is 5.92 Å². The van der Waals surface area contributed by atoms with Crippen LogP contribution >= 0.6 is 0 Å². The number of hydrogen-bond acceptors (Lipinski definition) is 3. The minimum absolute atomic E-state index is 0.103. The number of anilines is 1. The van der Waals surface area contributed by atoms with Crippen molar-refractivity contribution >= 4 is 21.6 Å². The molecule has 2 aromatic rings. The van der Waals surface area contributed by atoms with Crippen molar-refractivity contribution in [1.82, 2.24) is 4.72 Å². The number of benzene rings is 2. The molecule has 2 rings (SSSR count). The normalized spacial score (nSPS) is 11.5. The van der Waals surface area contributed by atoms with Crippen molar-refractivity contribution in [2.75, 3.05) is 5.32 Å². The summed E-state index contributed by atoms with van der Waals surface area (Å²) >= 11 is 0. The lowest BCUT2D eigenvalue weighted by molar-refractivity contribution is -0.118. The van der Waals surface area contributed by atoms with Crippen molar-refractivity contribution in [1.29, 1.82) is 0 Å². The van der Waals surface area contributed by atoms with Gasteiger partial charge in [0.25, 0.3) is 0 Å². The molecule has 5 nitrogen and oxygen atoms in total. The number of sulfonamides is 1. The zero-order chi connectivity index (χ0) is 18.4. The summed E-state index contributed by atoms with van der Waals surface area (Å²) in [5.74, 6) is -0.877. The Kier molecular flexibility index (Phi) is 6.27. The first-order chi connectivity index (χ1) is 11.7. The van der Waals surface area contributed by atoms with Crippen molar-refractivity contribution in [3.63, 3.8) is 0 Å². The van der Waals surface area contributed by atoms with Crippen LogP contribution in [0.2, 0.25) is 0 Å². The summed E-state index contributed by atoms with van der Waals surface area (Å²) in [4.78, 5) is 11.7. The van der Waals surface area contributed by atoms with Crippen molar-refractivity contribution in [3.8, 4) is 0 Å². The maximum Gasteiger partial charge on any atom is 0.226 e. The van der Waals surface area contributed by atoms with Crippen molar-refractivity contribution in [3.05, 3.63) is 65.5 Å². The number of halogens is 1. The van der Waals surface area contributed by atoms with Gasteiger partial charge < -0.3 is 5.32 Å². The van der Waals surface area contributed by atoms with E-state index in [0.717, 1.165) is 5.56 Å². The molecule has 0 unspecified atom stereocenters. The summed E-state index contributed by atoms with van der Waals surface area (Å²) in [6.45, 7) is 3.69. The fourth-order valence-electron chi connectivity index (χ4n) is 2.09. The predicted octanol–water partition coefficient (Wildman–Crippen LogP) is 3.04. The molecule has 0 aliphatic carbocycles. The Labute approximate surface area is 147 Å². The molecule has 7 heteroatoms. The molecule has 0 aromatic heterocycles. The Hall–Kier alpha value is -2.25. The first-order valence-electron chi connectivity index (χ1n) is 7.87. The predicted molar refractivity (Wildman–Crippen MR) is 95.8 cm³/mol. The van der Waals surface area contributed by atoms with E-state index < -0.39 is 15.8 Å². The maximum absolute atomic E-state index is 12.9. The third kappa shape index (κ3) is 6.28. The van der Waals surface area contributed by atoms with Gasteiger partial charge in [-0.1, -0.05) is 38.1 Å². The van der Waals surface area contributed by atoms with Gasteiger partial charge in [-0.15, -0.1) is 0 Å². The van der Waals surface area contributed by atoms with Gasteiger partial charge in [0, 0.05) is 18.2 Å². The van der Waals surface area contributed by atoms with Crippen LogP contribution in [0.3, 0.4) is 0 Å². The molecule has 0 atom stereocenters. The molecule has 1 amide bonds. The lowest BCUT2D eigenvalue weighted by atomic mass is 10.1. The highest BCUT2D eigenvalue weighted by Gasteiger charge is 2.12. The van der Waals surface area contributed by atoms with E-state index in [1.54, 1.807) is 38.1 Å². The van der Waals surface area contributed by atoms with Gasteiger partial charge in [-0.2, -0.15) is 0 Å². The van der Waals surface area contributed by atoms with Crippen LogP contribution in [0, 0.1) is 11.7 Å². The quantitative estimate of drug-likeness (QED) is 0.793. The van der Waals surface area contributed by atoms with Gasteiger partial charge in [0.2, 0.25) is 15.9 Å². The van der Waals surface area contributed by atoms with Crippen LogP contribution in [-0.2, 0) is 27.1 Å². The van der Waals surface area contributed by atoms with E-state index in [9.17, 15) is 17.6 Å². The topological polar surface area (TPSA) is 75.3 Å². The molecule has 134 valence electrons. The van der Waals surface area contributed by atoms with Gasteiger partial charge in [0.15, 0.2) is 0 Å². The molecule has 0 saturated carbocycles. The zero-order valence-electron chi connectivity index (χ0n) is 14.1. The van der Waals surface area contributed by atoms with Crippen LogP contribution < -0.4 is 10.0 Å². The third-order valence-electron chi connectivity index (χ3n) is 3.49. The summed E-state index contributed by atoms with van der Waals surface area (Å²) in [5.41, 5.74) is 1.85.